The minimum absolute atomic E-state index is 0.202. The molecule has 0 rings (SSSR count). The summed E-state index contributed by atoms with van der Waals surface area (Å²) in [7, 11) is 0. The maximum absolute atomic E-state index is 9.72. The number of rotatable bonds is 12. The molecule has 0 aromatic rings. The van der Waals surface area contributed by atoms with Gasteiger partial charge < -0.3 is 10.2 Å². The van der Waals surface area contributed by atoms with Gasteiger partial charge in [-0.15, -0.1) is 0 Å². The van der Waals surface area contributed by atoms with Crippen LogP contribution in [0.15, 0.2) is 0 Å². The van der Waals surface area contributed by atoms with E-state index in [4.69, 9.17) is 0 Å². The predicted octanol–water partition coefficient (Wildman–Crippen LogP) is 4.04. The van der Waals surface area contributed by atoms with Crippen LogP contribution in [0.2, 0.25) is 0 Å². The molecule has 0 aromatic carbocycles. The third kappa shape index (κ3) is 12.2. The van der Waals surface area contributed by atoms with Gasteiger partial charge in [0.2, 0.25) is 0 Å². The number of hydrogen-bond acceptors (Lipinski definition) is 2. The van der Waals surface area contributed by atoms with Gasteiger partial charge in [-0.25, -0.2) is 0 Å². The van der Waals surface area contributed by atoms with Crippen molar-refractivity contribution in [1.29, 1.82) is 0 Å². The Morgan fingerprint density at radius 1 is 0.647 bits per heavy atom. The van der Waals surface area contributed by atoms with Gasteiger partial charge in [-0.05, 0) is 25.7 Å². The summed E-state index contributed by atoms with van der Waals surface area (Å²) in [6.07, 6.45) is 11.8. The second-order valence-corrected chi connectivity index (χ2v) is 5.20. The van der Waals surface area contributed by atoms with E-state index in [2.05, 4.69) is 6.92 Å². The van der Waals surface area contributed by atoms with Crippen molar-refractivity contribution in [2.24, 2.45) is 0 Å². The fraction of sp³-hybridized carbons (Fsp3) is 1.00. The lowest BCUT2D eigenvalue weighted by Gasteiger charge is -2.12. The average molecular weight is 244 g/mol. The van der Waals surface area contributed by atoms with Crippen molar-refractivity contribution in [3.63, 3.8) is 0 Å². The van der Waals surface area contributed by atoms with Crippen molar-refractivity contribution < 1.29 is 10.2 Å². The standard InChI is InChI=1S/C15H32O2/c1-3-5-6-7-8-9-10-11-15(17)13-12-14(16)4-2/h14-17H,3-13H2,1-2H3. The molecule has 0 aliphatic rings. The zero-order chi connectivity index (χ0) is 12.9. The van der Waals surface area contributed by atoms with Gasteiger partial charge in [-0.2, -0.15) is 0 Å². The predicted molar refractivity (Wildman–Crippen MR) is 74.1 cm³/mol. The number of aliphatic hydroxyl groups excluding tert-OH is 2. The Morgan fingerprint density at radius 2 is 1.18 bits per heavy atom. The summed E-state index contributed by atoms with van der Waals surface area (Å²) < 4.78 is 0. The Bertz CT molecular complexity index is 148. The van der Waals surface area contributed by atoms with E-state index in [0.29, 0.717) is 0 Å². The monoisotopic (exact) mass is 244 g/mol. The Hall–Kier alpha value is -0.0800. The fourth-order valence-corrected chi connectivity index (χ4v) is 2.07. The quantitative estimate of drug-likeness (QED) is 0.509. The number of aliphatic hydroxyl groups is 2. The molecule has 2 unspecified atom stereocenters. The highest BCUT2D eigenvalue weighted by molar-refractivity contribution is 4.60. The van der Waals surface area contributed by atoms with Crippen LogP contribution in [-0.2, 0) is 0 Å². The van der Waals surface area contributed by atoms with Crippen molar-refractivity contribution in [3.05, 3.63) is 0 Å². The van der Waals surface area contributed by atoms with Gasteiger partial charge in [0.25, 0.3) is 0 Å². The third-order valence-electron chi connectivity index (χ3n) is 3.45. The van der Waals surface area contributed by atoms with Crippen LogP contribution in [0.3, 0.4) is 0 Å². The van der Waals surface area contributed by atoms with Crippen molar-refractivity contribution in [1.82, 2.24) is 0 Å². The van der Waals surface area contributed by atoms with Crippen molar-refractivity contribution in [2.75, 3.05) is 0 Å². The molecule has 0 fully saturated rings. The molecule has 2 N–H and O–H groups in total. The third-order valence-corrected chi connectivity index (χ3v) is 3.45. The van der Waals surface area contributed by atoms with Crippen LogP contribution in [0, 0.1) is 0 Å². The molecule has 0 saturated carbocycles. The largest absolute Gasteiger partial charge is 0.393 e. The Labute approximate surface area is 107 Å². The van der Waals surface area contributed by atoms with Crippen LogP contribution in [0.5, 0.6) is 0 Å². The Morgan fingerprint density at radius 3 is 1.76 bits per heavy atom. The minimum atomic E-state index is -0.223. The summed E-state index contributed by atoms with van der Waals surface area (Å²) >= 11 is 0. The molecule has 2 heteroatoms. The van der Waals surface area contributed by atoms with E-state index < -0.39 is 0 Å². The van der Waals surface area contributed by atoms with Gasteiger partial charge in [-0.1, -0.05) is 58.8 Å². The van der Waals surface area contributed by atoms with E-state index in [1.165, 1.54) is 38.5 Å². The lowest BCUT2D eigenvalue weighted by atomic mass is 10.0. The summed E-state index contributed by atoms with van der Waals surface area (Å²) in [5.41, 5.74) is 0. The molecule has 0 spiro atoms. The molecule has 0 heterocycles. The van der Waals surface area contributed by atoms with Gasteiger partial charge >= 0.3 is 0 Å². The first-order valence-electron chi connectivity index (χ1n) is 7.56. The summed E-state index contributed by atoms with van der Waals surface area (Å²) in [4.78, 5) is 0. The van der Waals surface area contributed by atoms with Crippen LogP contribution in [0.1, 0.15) is 84.5 Å². The van der Waals surface area contributed by atoms with Crippen LogP contribution >= 0.6 is 0 Å². The van der Waals surface area contributed by atoms with Gasteiger partial charge in [0.05, 0.1) is 12.2 Å². The van der Waals surface area contributed by atoms with Crippen LogP contribution < -0.4 is 0 Å². The van der Waals surface area contributed by atoms with E-state index in [1.54, 1.807) is 0 Å². The molecule has 2 nitrogen and oxygen atoms in total. The maximum atomic E-state index is 9.72. The van der Waals surface area contributed by atoms with Crippen molar-refractivity contribution in [3.8, 4) is 0 Å². The average Bonchev–Trinajstić information content (AvgIpc) is 2.34. The zero-order valence-electron chi connectivity index (χ0n) is 11.8. The lowest BCUT2D eigenvalue weighted by molar-refractivity contribution is 0.105. The second-order valence-electron chi connectivity index (χ2n) is 5.20. The first-order chi connectivity index (χ1) is 8.20. The van der Waals surface area contributed by atoms with Gasteiger partial charge in [0.1, 0.15) is 0 Å². The van der Waals surface area contributed by atoms with E-state index in [9.17, 15) is 10.2 Å². The van der Waals surface area contributed by atoms with E-state index in [0.717, 1.165) is 32.1 Å². The molecule has 0 saturated heterocycles. The lowest BCUT2D eigenvalue weighted by Crippen LogP contribution is -2.12. The summed E-state index contributed by atoms with van der Waals surface area (Å²) in [5, 5.41) is 19.1. The topological polar surface area (TPSA) is 40.5 Å². The SMILES string of the molecule is CCCCCCCCCC(O)CCC(O)CC. The van der Waals surface area contributed by atoms with Crippen LogP contribution in [-0.4, -0.2) is 22.4 Å². The smallest absolute Gasteiger partial charge is 0.0541 e. The van der Waals surface area contributed by atoms with E-state index >= 15 is 0 Å². The maximum Gasteiger partial charge on any atom is 0.0541 e. The second kappa shape index (κ2) is 12.4. The highest BCUT2D eigenvalue weighted by Crippen LogP contribution is 2.13. The summed E-state index contributed by atoms with van der Waals surface area (Å²) in [5.74, 6) is 0. The molecular weight excluding hydrogens is 212 g/mol. The molecule has 0 bridgehead atoms. The van der Waals surface area contributed by atoms with Crippen LogP contribution in [0.4, 0.5) is 0 Å². The molecule has 0 radical (unpaired) electrons. The normalized spacial score (nSPS) is 14.8. The zero-order valence-corrected chi connectivity index (χ0v) is 11.8. The summed E-state index contributed by atoms with van der Waals surface area (Å²) in [6, 6.07) is 0. The first kappa shape index (κ1) is 16.9. The molecule has 0 aliphatic heterocycles. The molecule has 2 atom stereocenters. The molecule has 0 aromatic heterocycles. The van der Waals surface area contributed by atoms with Crippen molar-refractivity contribution >= 4 is 0 Å². The first-order valence-corrected chi connectivity index (χ1v) is 7.56. The molecule has 0 aliphatic carbocycles. The molecule has 104 valence electrons. The number of unbranched alkanes of at least 4 members (excludes halogenated alkanes) is 6. The van der Waals surface area contributed by atoms with E-state index in [1.807, 2.05) is 6.92 Å². The molecular formula is C15H32O2. The van der Waals surface area contributed by atoms with Crippen molar-refractivity contribution in [2.45, 2.75) is 96.7 Å². The Kier molecular flexibility index (Phi) is 12.3. The highest BCUT2D eigenvalue weighted by Gasteiger charge is 2.07. The Balaban J connectivity index is 3.19. The highest BCUT2D eigenvalue weighted by atomic mass is 16.3. The summed E-state index contributed by atoms with van der Waals surface area (Å²) in [6.45, 7) is 4.22. The minimum Gasteiger partial charge on any atom is -0.393 e. The van der Waals surface area contributed by atoms with Crippen LogP contribution in [0.25, 0.3) is 0 Å². The molecule has 17 heavy (non-hydrogen) atoms. The fourth-order valence-electron chi connectivity index (χ4n) is 2.07. The van der Waals surface area contributed by atoms with E-state index in [-0.39, 0.29) is 12.2 Å². The molecule has 0 amide bonds. The van der Waals surface area contributed by atoms with Gasteiger partial charge in [0.15, 0.2) is 0 Å². The number of hydrogen-bond donors (Lipinski definition) is 2. The van der Waals surface area contributed by atoms with Gasteiger partial charge in [0, 0.05) is 0 Å². The van der Waals surface area contributed by atoms with Gasteiger partial charge in [-0.3, -0.25) is 0 Å².